The predicted octanol–water partition coefficient (Wildman–Crippen LogP) is 2.33. The van der Waals surface area contributed by atoms with Gasteiger partial charge in [-0.15, -0.1) is 0 Å². The molecule has 1 N–H and O–H groups in total. The Labute approximate surface area is 111 Å². The number of aromatic nitrogens is 3. The molecular formula is C15H14N4. The van der Waals surface area contributed by atoms with Gasteiger partial charge in [0.25, 0.3) is 0 Å². The monoisotopic (exact) mass is 250 g/mol. The highest BCUT2D eigenvalue weighted by molar-refractivity contribution is 5.78. The van der Waals surface area contributed by atoms with Crippen LogP contribution in [-0.4, -0.2) is 22.0 Å². The number of para-hydroxylation sites is 1. The second kappa shape index (κ2) is 5.12. The third-order valence-electron chi connectivity index (χ3n) is 3.15. The summed E-state index contributed by atoms with van der Waals surface area (Å²) in [6.45, 7) is 0. The van der Waals surface area contributed by atoms with Crippen molar-refractivity contribution in [1.29, 1.82) is 0 Å². The summed E-state index contributed by atoms with van der Waals surface area (Å²) < 4.78 is 0. The van der Waals surface area contributed by atoms with E-state index in [0.29, 0.717) is 0 Å². The Morgan fingerprint density at radius 1 is 1.00 bits per heavy atom. The number of pyridine rings is 1. The summed E-state index contributed by atoms with van der Waals surface area (Å²) in [5.74, 6) is 0. The molecule has 94 valence electrons. The maximum absolute atomic E-state index is 4.45. The quantitative estimate of drug-likeness (QED) is 0.775. The standard InChI is InChI=1S/C15H14N4/c1-16-14(11-4-3-7-17-10-11)12-5-2-6-13-15(12)19-9-8-18-13/h2-10,14,16H,1H3. The predicted molar refractivity (Wildman–Crippen MR) is 74.7 cm³/mol. The topological polar surface area (TPSA) is 50.7 Å². The number of benzene rings is 1. The molecule has 0 amide bonds. The van der Waals surface area contributed by atoms with E-state index >= 15 is 0 Å². The minimum Gasteiger partial charge on any atom is -0.309 e. The van der Waals surface area contributed by atoms with E-state index in [-0.39, 0.29) is 6.04 Å². The smallest absolute Gasteiger partial charge is 0.0937 e. The van der Waals surface area contributed by atoms with E-state index in [4.69, 9.17) is 0 Å². The van der Waals surface area contributed by atoms with Gasteiger partial charge in [0.1, 0.15) is 0 Å². The van der Waals surface area contributed by atoms with E-state index in [1.54, 1.807) is 18.6 Å². The van der Waals surface area contributed by atoms with Crippen molar-refractivity contribution >= 4 is 11.0 Å². The molecule has 2 aromatic heterocycles. The first-order valence-electron chi connectivity index (χ1n) is 6.17. The van der Waals surface area contributed by atoms with Gasteiger partial charge < -0.3 is 5.32 Å². The second-order valence-electron chi connectivity index (χ2n) is 4.28. The fourth-order valence-electron chi connectivity index (χ4n) is 2.30. The highest BCUT2D eigenvalue weighted by Crippen LogP contribution is 2.25. The molecule has 1 aromatic carbocycles. The molecule has 0 aliphatic carbocycles. The first-order valence-corrected chi connectivity index (χ1v) is 6.17. The summed E-state index contributed by atoms with van der Waals surface area (Å²) in [4.78, 5) is 13.0. The zero-order chi connectivity index (χ0) is 13.1. The highest BCUT2D eigenvalue weighted by Gasteiger charge is 2.15. The number of hydrogen-bond acceptors (Lipinski definition) is 4. The van der Waals surface area contributed by atoms with Gasteiger partial charge >= 0.3 is 0 Å². The van der Waals surface area contributed by atoms with Crippen molar-refractivity contribution in [3.8, 4) is 0 Å². The molecule has 0 saturated heterocycles. The molecule has 0 bridgehead atoms. The highest BCUT2D eigenvalue weighted by atomic mass is 14.9. The Morgan fingerprint density at radius 2 is 1.89 bits per heavy atom. The molecule has 0 radical (unpaired) electrons. The van der Waals surface area contributed by atoms with Crippen molar-refractivity contribution in [2.24, 2.45) is 0 Å². The van der Waals surface area contributed by atoms with Crippen molar-refractivity contribution in [2.75, 3.05) is 7.05 Å². The van der Waals surface area contributed by atoms with E-state index in [0.717, 1.165) is 22.2 Å². The van der Waals surface area contributed by atoms with Crippen LogP contribution in [0.4, 0.5) is 0 Å². The minimum absolute atomic E-state index is 0.0640. The van der Waals surface area contributed by atoms with Gasteiger partial charge in [-0.05, 0) is 24.7 Å². The molecule has 19 heavy (non-hydrogen) atoms. The van der Waals surface area contributed by atoms with Crippen LogP contribution in [-0.2, 0) is 0 Å². The average molecular weight is 250 g/mol. The Morgan fingerprint density at radius 3 is 2.68 bits per heavy atom. The van der Waals surface area contributed by atoms with E-state index < -0.39 is 0 Å². The molecule has 2 heterocycles. The van der Waals surface area contributed by atoms with Crippen molar-refractivity contribution in [1.82, 2.24) is 20.3 Å². The zero-order valence-electron chi connectivity index (χ0n) is 10.6. The number of hydrogen-bond donors (Lipinski definition) is 1. The summed E-state index contributed by atoms with van der Waals surface area (Å²) in [6, 6.07) is 10.1. The molecule has 1 atom stereocenters. The molecule has 3 aromatic rings. The molecule has 3 rings (SSSR count). The maximum Gasteiger partial charge on any atom is 0.0937 e. The lowest BCUT2D eigenvalue weighted by Gasteiger charge is -2.17. The molecule has 4 heteroatoms. The van der Waals surface area contributed by atoms with Gasteiger partial charge in [0.15, 0.2) is 0 Å². The molecule has 0 saturated carbocycles. The van der Waals surface area contributed by atoms with Gasteiger partial charge in [0, 0.05) is 30.4 Å². The first-order chi connectivity index (χ1) is 9.40. The van der Waals surface area contributed by atoms with Crippen molar-refractivity contribution in [3.05, 3.63) is 66.2 Å². The van der Waals surface area contributed by atoms with E-state index in [1.165, 1.54) is 0 Å². The first kappa shape index (κ1) is 11.7. The van der Waals surface area contributed by atoms with Crippen LogP contribution in [0.2, 0.25) is 0 Å². The van der Waals surface area contributed by atoms with Crippen LogP contribution < -0.4 is 5.32 Å². The zero-order valence-corrected chi connectivity index (χ0v) is 10.6. The Kier molecular flexibility index (Phi) is 3.16. The Balaban J connectivity index is 2.17. The van der Waals surface area contributed by atoms with Crippen LogP contribution in [0.1, 0.15) is 17.2 Å². The summed E-state index contributed by atoms with van der Waals surface area (Å²) in [5, 5.41) is 3.32. The largest absolute Gasteiger partial charge is 0.309 e. The summed E-state index contributed by atoms with van der Waals surface area (Å²) in [7, 11) is 1.94. The molecule has 0 spiro atoms. The van der Waals surface area contributed by atoms with Crippen LogP contribution in [0.15, 0.2) is 55.1 Å². The number of nitrogens with one attached hydrogen (secondary N) is 1. The Bertz CT molecular complexity index is 677. The molecule has 0 aliphatic rings. The maximum atomic E-state index is 4.45. The van der Waals surface area contributed by atoms with E-state index in [2.05, 4.69) is 32.4 Å². The molecule has 4 nitrogen and oxygen atoms in total. The SMILES string of the molecule is CNC(c1cccnc1)c1cccc2nccnc12. The van der Waals surface area contributed by atoms with Crippen molar-refractivity contribution < 1.29 is 0 Å². The van der Waals surface area contributed by atoms with Crippen molar-refractivity contribution in [2.45, 2.75) is 6.04 Å². The third-order valence-corrected chi connectivity index (χ3v) is 3.15. The van der Waals surface area contributed by atoms with Crippen LogP contribution in [0.3, 0.4) is 0 Å². The van der Waals surface area contributed by atoms with Crippen LogP contribution in [0, 0.1) is 0 Å². The van der Waals surface area contributed by atoms with Gasteiger partial charge in [-0.25, -0.2) is 0 Å². The fraction of sp³-hybridized carbons (Fsp3) is 0.133. The lowest BCUT2D eigenvalue weighted by Crippen LogP contribution is -2.18. The summed E-state index contributed by atoms with van der Waals surface area (Å²) >= 11 is 0. The molecule has 1 unspecified atom stereocenters. The lowest BCUT2D eigenvalue weighted by atomic mass is 9.99. The number of nitrogens with zero attached hydrogens (tertiary/aromatic N) is 3. The minimum atomic E-state index is 0.0640. The second-order valence-corrected chi connectivity index (χ2v) is 4.28. The van der Waals surface area contributed by atoms with Gasteiger partial charge in [-0.2, -0.15) is 0 Å². The number of fused-ring (bicyclic) bond motifs is 1. The summed E-state index contributed by atoms with van der Waals surface area (Å²) in [6.07, 6.45) is 7.09. The fourth-order valence-corrected chi connectivity index (χ4v) is 2.30. The van der Waals surface area contributed by atoms with E-state index in [1.807, 2.05) is 31.4 Å². The third kappa shape index (κ3) is 2.18. The lowest BCUT2D eigenvalue weighted by molar-refractivity contribution is 0.692. The van der Waals surface area contributed by atoms with E-state index in [9.17, 15) is 0 Å². The van der Waals surface area contributed by atoms with Gasteiger partial charge in [0.2, 0.25) is 0 Å². The van der Waals surface area contributed by atoms with Gasteiger partial charge in [0.05, 0.1) is 17.1 Å². The molecular weight excluding hydrogens is 236 g/mol. The average Bonchev–Trinajstić information content (AvgIpc) is 2.49. The number of rotatable bonds is 3. The van der Waals surface area contributed by atoms with Gasteiger partial charge in [-0.3, -0.25) is 15.0 Å². The van der Waals surface area contributed by atoms with Crippen LogP contribution in [0.5, 0.6) is 0 Å². The summed E-state index contributed by atoms with van der Waals surface area (Å²) in [5.41, 5.74) is 4.06. The van der Waals surface area contributed by atoms with Crippen LogP contribution in [0.25, 0.3) is 11.0 Å². The van der Waals surface area contributed by atoms with Crippen LogP contribution >= 0.6 is 0 Å². The normalized spacial score (nSPS) is 12.5. The van der Waals surface area contributed by atoms with Gasteiger partial charge in [-0.1, -0.05) is 18.2 Å². The Hall–Kier alpha value is -2.33. The van der Waals surface area contributed by atoms with Crippen molar-refractivity contribution in [3.63, 3.8) is 0 Å². The molecule has 0 fully saturated rings. The molecule has 0 aliphatic heterocycles.